The van der Waals surface area contributed by atoms with E-state index in [4.69, 9.17) is 4.74 Å². The molecule has 0 spiro atoms. The Morgan fingerprint density at radius 3 is 2.75 bits per heavy atom. The molecule has 1 saturated carbocycles. The number of aliphatic hydroxyl groups excluding tert-OH is 1. The molecule has 0 radical (unpaired) electrons. The van der Waals surface area contributed by atoms with Gasteiger partial charge in [-0.1, -0.05) is 15.9 Å². The molecule has 1 amide bonds. The lowest BCUT2D eigenvalue weighted by Crippen LogP contribution is -2.39. The molecule has 110 valence electrons. The maximum atomic E-state index is 12.1. The van der Waals surface area contributed by atoms with Crippen molar-refractivity contribution in [2.24, 2.45) is 0 Å². The van der Waals surface area contributed by atoms with E-state index in [0.717, 1.165) is 41.5 Å². The largest absolute Gasteiger partial charge is 0.497 e. The maximum absolute atomic E-state index is 12.1. The second-order valence-corrected chi connectivity index (χ2v) is 6.06. The van der Waals surface area contributed by atoms with Crippen molar-refractivity contribution < 1.29 is 14.6 Å². The van der Waals surface area contributed by atoms with E-state index in [0.29, 0.717) is 6.42 Å². The Hall–Kier alpha value is -1.07. The molecular weight excluding hydrogens is 322 g/mol. The van der Waals surface area contributed by atoms with E-state index in [1.165, 1.54) is 0 Å². The van der Waals surface area contributed by atoms with E-state index in [2.05, 4.69) is 21.2 Å². The molecule has 1 aliphatic rings. The summed E-state index contributed by atoms with van der Waals surface area (Å²) in [6.45, 7) is 0. The number of amides is 1. The molecule has 0 heterocycles. The fraction of sp³-hybridized carbons (Fsp3) is 0.533. The number of ether oxygens (including phenoxy) is 1. The highest BCUT2D eigenvalue weighted by Crippen LogP contribution is 2.23. The molecule has 2 N–H and O–H groups in total. The van der Waals surface area contributed by atoms with E-state index < -0.39 is 0 Å². The van der Waals surface area contributed by atoms with Gasteiger partial charge < -0.3 is 15.2 Å². The highest BCUT2D eigenvalue weighted by molar-refractivity contribution is 9.10. The van der Waals surface area contributed by atoms with Crippen LogP contribution in [0, 0.1) is 0 Å². The van der Waals surface area contributed by atoms with E-state index in [1.807, 2.05) is 18.2 Å². The van der Waals surface area contributed by atoms with Crippen LogP contribution in [0.4, 0.5) is 0 Å². The van der Waals surface area contributed by atoms with Crippen molar-refractivity contribution in [3.8, 4) is 5.75 Å². The molecule has 0 aromatic heterocycles. The molecule has 1 aromatic rings. The highest BCUT2D eigenvalue weighted by atomic mass is 79.9. The summed E-state index contributed by atoms with van der Waals surface area (Å²) >= 11 is 3.45. The average Bonchev–Trinajstić information content (AvgIpc) is 2.44. The molecule has 1 aromatic carbocycles. The van der Waals surface area contributed by atoms with Gasteiger partial charge in [-0.05, 0) is 49.4 Å². The van der Waals surface area contributed by atoms with Gasteiger partial charge in [-0.15, -0.1) is 0 Å². The van der Waals surface area contributed by atoms with Crippen molar-refractivity contribution in [2.45, 2.75) is 44.2 Å². The van der Waals surface area contributed by atoms with Gasteiger partial charge in [0.05, 0.1) is 19.6 Å². The van der Waals surface area contributed by atoms with Crippen molar-refractivity contribution in [1.29, 1.82) is 0 Å². The number of hydrogen-bond donors (Lipinski definition) is 2. The minimum atomic E-state index is -0.198. The topological polar surface area (TPSA) is 58.6 Å². The molecule has 4 nitrogen and oxygen atoms in total. The molecule has 1 aliphatic carbocycles. The molecule has 0 bridgehead atoms. The Balaban J connectivity index is 1.91. The monoisotopic (exact) mass is 341 g/mol. The minimum absolute atomic E-state index is 0.0142. The van der Waals surface area contributed by atoms with E-state index in [9.17, 15) is 9.90 Å². The van der Waals surface area contributed by atoms with Crippen LogP contribution in [0.15, 0.2) is 22.7 Å². The SMILES string of the molecule is COc1ccc(Br)c(CC(=O)NC2CCC(O)CC2)c1. The Bertz CT molecular complexity index is 470. The lowest BCUT2D eigenvalue weighted by Gasteiger charge is -2.26. The quantitative estimate of drug-likeness (QED) is 0.884. The van der Waals surface area contributed by atoms with Crippen molar-refractivity contribution in [1.82, 2.24) is 5.32 Å². The second kappa shape index (κ2) is 7.09. The number of methoxy groups -OCH3 is 1. The molecule has 0 saturated heterocycles. The van der Waals surface area contributed by atoms with E-state index in [1.54, 1.807) is 7.11 Å². The molecule has 20 heavy (non-hydrogen) atoms. The first kappa shape index (κ1) is 15.3. The van der Waals surface area contributed by atoms with Gasteiger partial charge in [0.2, 0.25) is 5.91 Å². The summed E-state index contributed by atoms with van der Waals surface area (Å²) in [5.41, 5.74) is 0.915. The minimum Gasteiger partial charge on any atom is -0.497 e. The van der Waals surface area contributed by atoms with Crippen LogP contribution in [0.25, 0.3) is 0 Å². The van der Waals surface area contributed by atoms with Crippen LogP contribution in [0.2, 0.25) is 0 Å². The smallest absolute Gasteiger partial charge is 0.224 e. The Labute approximate surface area is 127 Å². The highest BCUT2D eigenvalue weighted by Gasteiger charge is 2.21. The molecule has 2 rings (SSSR count). The zero-order valence-corrected chi connectivity index (χ0v) is 13.1. The lowest BCUT2D eigenvalue weighted by molar-refractivity contribution is -0.121. The van der Waals surface area contributed by atoms with Crippen molar-refractivity contribution in [3.63, 3.8) is 0 Å². The van der Waals surface area contributed by atoms with Crippen LogP contribution < -0.4 is 10.1 Å². The Morgan fingerprint density at radius 1 is 1.40 bits per heavy atom. The molecule has 0 atom stereocenters. The second-order valence-electron chi connectivity index (χ2n) is 5.21. The van der Waals surface area contributed by atoms with Gasteiger partial charge in [0, 0.05) is 10.5 Å². The fourth-order valence-corrected chi connectivity index (χ4v) is 2.87. The summed E-state index contributed by atoms with van der Waals surface area (Å²) in [5.74, 6) is 0.761. The fourth-order valence-electron chi connectivity index (χ4n) is 2.49. The van der Waals surface area contributed by atoms with Gasteiger partial charge in [-0.3, -0.25) is 4.79 Å². The number of hydrogen-bond acceptors (Lipinski definition) is 3. The van der Waals surface area contributed by atoms with E-state index in [-0.39, 0.29) is 18.1 Å². The normalized spacial score (nSPS) is 22.4. The summed E-state index contributed by atoms with van der Waals surface area (Å²) < 4.78 is 6.08. The maximum Gasteiger partial charge on any atom is 0.224 e. The van der Waals surface area contributed by atoms with Gasteiger partial charge in [-0.2, -0.15) is 0 Å². The van der Waals surface area contributed by atoms with Crippen LogP contribution in [0.5, 0.6) is 5.75 Å². The van der Waals surface area contributed by atoms with Crippen molar-refractivity contribution >= 4 is 21.8 Å². The Morgan fingerprint density at radius 2 is 2.10 bits per heavy atom. The number of benzene rings is 1. The van der Waals surface area contributed by atoms with Gasteiger partial charge in [0.25, 0.3) is 0 Å². The predicted molar refractivity (Wildman–Crippen MR) is 80.8 cm³/mol. The third-order valence-electron chi connectivity index (χ3n) is 3.67. The summed E-state index contributed by atoms with van der Waals surface area (Å²) in [5, 5.41) is 12.5. The molecule has 0 unspecified atom stereocenters. The van der Waals surface area contributed by atoms with E-state index >= 15 is 0 Å². The van der Waals surface area contributed by atoms with Crippen LogP contribution >= 0.6 is 15.9 Å². The van der Waals surface area contributed by atoms with Crippen molar-refractivity contribution in [3.05, 3.63) is 28.2 Å². The predicted octanol–water partition coefficient (Wildman–Crippen LogP) is 2.42. The first-order chi connectivity index (χ1) is 9.58. The number of rotatable bonds is 4. The van der Waals surface area contributed by atoms with Crippen LogP contribution in [-0.4, -0.2) is 30.3 Å². The molecule has 0 aliphatic heterocycles. The first-order valence-corrected chi connectivity index (χ1v) is 7.67. The van der Waals surface area contributed by atoms with Crippen molar-refractivity contribution in [2.75, 3.05) is 7.11 Å². The van der Waals surface area contributed by atoms with Crippen LogP contribution in [0.1, 0.15) is 31.2 Å². The third-order valence-corrected chi connectivity index (χ3v) is 4.44. The molecule has 5 heteroatoms. The summed E-state index contributed by atoms with van der Waals surface area (Å²) in [6.07, 6.45) is 3.38. The molecule has 1 fully saturated rings. The average molecular weight is 342 g/mol. The van der Waals surface area contributed by atoms with Crippen LogP contribution in [0.3, 0.4) is 0 Å². The standard InChI is InChI=1S/C15H20BrNO3/c1-20-13-6-7-14(16)10(8-13)9-15(19)17-11-2-4-12(18)5-3-11/h6-8,11-12,18H,2-5,9H2,1H3,(H,17,19). The summed E-state index contributed by atoms with van der Waals surface area (Å²) in [6, 6.07) is 5.80. The zero-order valence-electron chi connectivity index (χ0n) is 11.6. The lowest BCUT2D eigenvalue weighted by atomic mass is 9.93. The number of carbonyl (C=O) groups is 1. The van der Waals surface area contributed by atoms with Gasteiger partial charge in [0.1, 0.15) is 5.75 Å². The van der Waals surface area contributed by atoms with Gasteiger partial charge >= 0.3 is 0 Å². The van der Waals surface area contributed by atoms with Gasteiger partial charge in [0.15, 0.2) is 0 Å². The third kappa shape index (κ3) is 4.21. The number of halogens is 1. The summed E-state index contributed by atoms with van der Waals surface area (Å²) in [4.78, 5) is 12.1. The summed E-state index contributed by atoms with van der Waals surface area (Å²) in [7, 11) is 1.61. The first-order valence-electron chi connectivity index (χ1n) is 6.88. The van der Waals surface area contributed by atoms with Gasteiger partial charge in [-0.25, -0.2) is 0 Å². The van der Waals surface area contributed by atoms with Crippen LogP contribution in [-0.2, 0) is 11.2 Å². The molecular formula is C15H20BrNO3. The number of aliphatic hydroxyl groups is 1. The Kier molecular flexibility index (Phi) is 5.43. The zero-order chi connectivity index (χ0) is 14.5. The number of nitrogens with one attached hydrogen (secondary N) is 1. The number of carbonyl (C=O) groups excluding carboxylic acids is 1.